The number of hydrogen-bond acceptors (Lipinski definition) is 2. The van der Waals surface area contributed by atoms with E-state index >= 15 is 0 Å². The Kier molecular flexibility index (Phi) is 4.36. The molecule has 0 spiro atoms. The Balaban J connectivity index is 1.40. The monoisotopic (exact) mass is 337 g/mol. The number of benzene rings is 1. The van der Waals surface area contributed by atoms with Gasteiger partial charge in [-0.05, 0) is 49.1 Å². The van der Waals surface area contributed by atoms with Crippen LogP contribution in [0, 0.1) is 11.3 Å². The fourth-order valence-corrected chi connectivity index (χ4v) is 4.49. The van der Waals surface area contributed by atoms with Crippen LogP contribution in [0.3, 0.4) is 0 Å². The lowest BCUT2D eigenvalue weighted by Crippen LogP contribution is -2.48. The van der Waals surface area contributed by atoms with Gasteiger partial charge in [0.25, 0.3) is 0 Å². The summed E-state index contributed by atoms with van der Waals surface area (Å²) in [7, 11) is 1.96. The number of nitrogens with zero attached hydrogens (tertiary/aromatic N) is 3. The van der Waals surface area contributed by atoms with E-state index in [-0.39, 0.29) is 5.41 Å². The van der Waals surface area contributed by atoms with Gasteiger partial charge in [0.1, 0.15) is 0 Å². The van der Waals surface area contributed by atoms with E-state index in [9.17, 15) is 4.79 Å². The van der Waals surface area contributed by atoms with E-state index in [4.69, 9.17) is 0 Å². The SMILES string of the molecule is Cn1cc(C[C@H]2CCN(C(=O)C3(Cc4ccccc4)CCC3)C2)cn1. The maximum absolute atomic E-state index is 13.3. The van der Waals surface area contributed by atoms with Gasteiger partial charge in [-0.2, -0.15) is 5.10 Å². The highest BCUT2D eigenvalue weighted by Gasteiger charge is 2.47. The van der Waals surface area contributed by atoms with Crippen molar-refractivity contribution >= 4 is 5.91 Å². The van der Waals surface area contributed by atoms with Crippen LogP contribution in [0.5, 0.6) is 0 Å². The molecule has 1 amide bonds. The number of carbonyl (C=O) groups is 1. The van der Waals surface area contributed by atoms with Crippen LogP contribution in [0.15, 0.2) is 42.7 Å². The Morgan fingerprint density at radius 2 is 2.04 bits per heavy atom. The van der Waals surface area contributed by atoms with Crippen LogP contribution in [0.25, 0.3) is 0 Å². The van der Waals surface area contributed by atoms with Gasteiger partial charge in [-0.3, -0.25) is 9.48 Å². The van der Waals surface area contributed by atoms with Gasteiger partial charge in [0, 0.05) is 26.3 Å². The van der Waals surface area contributed by atoms with Crippen LogP contribution in [0.4, 0.5) is 0 Å². The lowest BCUT2D eigenvalue weighted by molar-refractivity contribution is -0.146. The predicted octanol–water partition coefficient (Wildman–Crippen LogP) is 3.22. The summed E-state index contributed by atoms with van der Waals surface area (Å²) in [6, 6.07) is 10.5. The highest BCUT2D eigenvalue weighted by atomic mass is 16.2. The van der Waals surface area contributed by atoms with E-state index in [1.54, 1.807) is 0 Å². The molecular weight excluding hydrogens is 310 g/mol. The van der Waals surface area contributed by atoms with E-state index in [1.807, 2.05) is 24.0 Å². The summed E-state index contributed by atoms with van der Waals surface area (Å²) in [4.78, 5) is 15.4. The smallest absolute Gasteiger partial charge is 0.229 e. The third-order valence-corrected chi connectivity index (χ3v) is 6.01. The summed E-state index contributed by atoms with van der Waals surface area (Å²) in [6.45, 7) is 1.82. The molecule has 25 heavy (non-hydrogen) atoms. The zero-order chi connectivity index (χ0) is 17.3. The molecule has 1 aromatic carbocycles. The predicted molar refractivity (Wildman–Crippen MR) is 98.0 cm³/mol. The lowest BCUT2D eigenvalue weighted by Gasteiger charge is -2.43. The summed E-state index contributed by atoms with van der Waals surface area (Å²) in [5, 5.41) is 4.26. The number of aromatic nitrogens is 2. The quantitative estimate of drug-likeness (QED) is 0.840. The van der Waals surface area contributed by atoms with Gasteiger partial charge in [-0.1, -0.05) is 36.8 Å². The van der Waals surface area contributed by atoms with Gasteiger partial charge < -0.3 is 4.90 Å². The molecule has 1 aliphatic heterocycles. The number of carbonyl (C=O) groups excluding carboxylic acids is 1. The van der Waals surface area contributed by atoms with Gasteiger partial charge in [-0.25, -0.2) is 0 Å². The van der Waals surface area contributed by atoms with Crippen LogP contribution in [0.1, 0.15) is 36.8 Å². The number of rotatable bonds is 5. The molecule has 1 saturated heterocycles. The molecule has 0 bridgehead atoms. The van der Waals surface area contributed by atoms with Gasteiger partial charge >= 0.3 is 0 Å². The first-order valence-electron chi connectivity index (χ1n) is 9.45. The second kappa shape index (κ2) is 6.66. The zero-order valence-electron chi connectivity index (χ0n) is 15.0. The van der Waals surface area contributed by atoms with E-state index in [2.05, 4.69) is 40.5 Å². The van der Waals surface area contributed by atoms with Crippen molar-refractivity contribution in [2.75, 3.05) is 13.1 Å². The highest BCUT2D eigenvalue weighted by molar-refractivity contribution is 5.84. The van der Waals surface area contributed by atoms with Crippen molar-refractivity contribution in [3.8, 4) is 0 Å². The molecule has 2 fully saturated rings. The second-order valence-corrected chi connectivity index (χ2v) is 7.93. The van der Waals surface area contributed by atoms with E-state index in [0.717, 1.165) is 45.2 Å². The van der Waals surface area contributed by atoms with Gasteiger partial charge in [0.2, 0.25) is 5.91 Å². The molecule has 2 aromatic rings. The molecule has 1 saturated carbocycles. The van der Waals surface area contributed by atoms with Gasteiger partial charge in [-0.15, -0.1) is 0 Å². The Bertz CT molecular complexity index is 733. The molecule has 2 heterocycles. The number of hydrogen-bond donors (Lipinski definition) is 0. The minimum Gasteiger partial charge on any atom is -0.342 e. The fraction of sp³-hybridized carbons (Fsp3) is 0.524. The summed E-state index contributed by atoms with van der Waals surface area (Å²) < 4.78 is 1.86. The van der Waals surface area contributed by atoms with Gasteiger partial charge in [0.05, 0.1) is 11.6 Å². The molecule has 132 valence electrons. The molecule has 1 atom stereocenters. The Morgan fingerprint density at radius 1 is 1.24 bits per heavy atom. The first kappa shape index (κ1) is 16.4. The van der Waals surface area contributed by atoms with Crippen LogP contribution >= 0.6 is 0 Å². The summed E-state index contributed by atoms with van der Waals surface area (Å²) in [5.41, 5.74) is 2.44. The largest absolute Gasteiger partial charge is 0.342 e. The standard InChI is InChI=1S/C21H27N3O/c1-23-15-19(14-22-23)12-18-8-11-24(16-18)20(25)21(9-5-10-21)13-17-6-3-2-4-7-17/h2-4,6-7,14-15,18H,5,8-13,16H2,1H3/t18-/m1/s1. The zero-order valence-corrected chi connectivity index (χ0v) is 15.0. The maximum Gasteiger partial charge on any atom is 0.229 e. The van der Waals surface area contributed by atoms with E-state index < -0.39 is 0 Å². The molecule has 1 aliphatic carbocycles. The molecule has 4 rings (SSSR count). The van der Waals surface area contributed by atoms with E-state index in [1.165, 1.54) is 17.5 Å². The van der Waals surface area contributed by atoms with Crippen LogP contribution in [0.2, 0.25) is 0 Å². The summed E-state index contributed by atoms with van der Waals surface area (Å²) in [6.07, 6.45) is 10.4. The van der Waals surface area contributed by atoms with Crippen LogP contribution in [-0.4, -0.2) is 33.7 Å². The van der Waals surface area contributed by atoms with Crippen molar-refractivity contribution in [2.45, 2.75) is 38.5 Å². The van der Waals surface area contributed by atoms with Crippen molar-refractivity contribution in [1.82, 2.24) is 14.7 Å². The molecular formula is C21H27N3O. The maximum atomic E-state index is 13.3. The summed E-state index contributed by atoms with van der Waals surface area (Å²) >= 11 is 0. The summed E-state index contributed by atoms with van der Waals surface area (Å²) in [5.74, 6) is 0.971. The minimum absolute atomic E-state index is 0.134. The molecule has 0 N–H and O–H groups in total. The van der Waals surface area contributed by atoms with Gasteiger partial charge in [0.15, 0.2) is 0 Å². The average molecular weight is 337 g/mol. The third-order valence-electron chi connectivity index (χ3n) is 6.01. The second-order valence-electron chi connectivity index (χ2n) is 7.93. The number of amides is 1. The Labute approximate surface area is 149 Å². The molecule has 1 aromatic heterocycles. The fourth-order valence-electron chi connectivity index (χ4n) is 4.49. The molecule has 0 radical (unpaired) electrons. The molecule has 0 unspecified atom stereocenters. The van der Waals surface area contributed by atoms with Crippen molar-refractivity contribution in [1.29, 1.82) is 0 Å². The van der Waals surface area contributed by atoms with Crippen molar-refractivity contribution < 1.29 is 4.79 Å². The van der Waals surface area contributed by atoms with E-state index in [0.29, 0.717) is 11.8 Å². The normalized spacial score (nSPS) is 22.0. The number of likely N-dealkylation sites (tertiary alicyclic amines) is 1. The van der Waals surface area contributed by atoms with Crippen LogP contribution < -0.4 is 0 Å². The third kappa shape index (κ3) is 3.35. The lowest BCUT2D eigenvalue weighted by atomic mass is 9.64. The van der Waals surface area contributed by atoms with Crippen molar-refractivity contribution in [3.05, 3.63) is 53.9 Å². The topological polar surface area (TPSA) is 38.1 Å². The highest BCUT2D eigenvalue weighted by Crippen LogP contribution is 2.46. The first-order chi connectivity index (χ1) is 12.1. The molecule has 4 heteroatoms. The minimum atomic E-state index is -0.134. The molecule has 2 aliphatic rings. The number of aryl methyl sites for hydroxylation is 1. The van der Waals surface area contributed by atoms with Crippen molar-refractivity contribution in [2.24, 2.45) is 18.4 Å². The van der Waals surface area contributed by atoms with Crippen molar-refractivity contribution in [3.63, 3.8) is 0 Å². The average Bonchev–Trinajstić information content (AvgIpc) is 3.21. The van der Waals surface area contributed by atoms with Crippen LogP contribution in [-0.2, 0) is 24.7 Å². The molecule has 4 nitrogen and oxygen atoms in total. The first-order valence-corrected chi connectivity index (χ1v) is 9.45. The Hall–Kier alpha value is -2.10. The Morgan fingerprint density at radius 3 is 2.68 bits per heavy atom.